The Labute approximate surface area is 112 Å². The van der Waals surface area contributed by atoms with E-state index in [0.29, 0.717) is 5.92 Å². The average molecular weight is 267 g/mol. The summed E-state index contributed by atoms with van der Waals surface area (Å²) in [7, 11) is 0. The van der Waals surface area contributed by atoms with Crippen LogP contribution in [0.25, 0.3) is 0 Å². The number of aromatic nitrogens is 1. The van der Waals surface area contributed by atoms with Crippen LogP contribution in [0.15, 0.2) is 5.51 Å². The molecule has 18 heavy (non-hydrogen) atoms. The maximum atomic E-state index is 11.7. The molecular weight excluding hydrogens is 246 g/mol. The van der Waals surface area contributed by atoms with E-state index in [-0.39, 0.29) is 0 Å². The second-order valence-electron chi connectivity index (χ2n) is 5.65. The first kappa shape index (κ1) is 13.5. The molecule has 0 radical (unpaired) electrons. The Morgan fingerprint density at radius 2 is 2.44 bits per heavy atom. The molecule has 0 bridgehead atoms. The highest BCUT2D eigenvalue weighted by atomic mass is 32.1. The maximum Gasteiger partial charge on any atom is 0.309 e. The van der Waals surface area contributed by atoms with Crippen molar-refractivity contribution < 1.29 is 9.90 Å². The number of rotatable bonds is 4. The van der Waals surface area contributed by atoms with Crippen LogP contribution in [0.2, 0.25) is 0 Å². The zero-order valence-corrected chi connectivity index (χ0v) is 11.9. The van der Waals surface area contributed by atoms with Gasteiger partial charge in [0.1, 0.15) is 0 Å². The van der Waals surface area contributed by atoms with Crippen LogP contribution >= 0.6 is 11.3 Å². The number of hydrogen-bond donors (Lipinski definition) is 1. The SMILES string of the molecule is Cc1ncsc1CCC1(C(=O)O)CCCC(C)C1. The largest absolute Gasteiger partial charge is 0.481 e. The lowest BCUT2D eigenvalue weighted by atomic mass is 9.67. The van der Waals surface area contributed by atoms with Gasteiger partial charge in [-0.25, -0.2) is 4.98 Å². The first-order valence-corrected chi connectivity index (χ1v) is 7.54. The van der Waals surface area contributed by atoms with E-state index in [9.17, 15) is 9.90 Å². The molecule has 1 aromatic heterocycles. The lowest BCUT2D eigenvalue weighted by Crippen LogP contribution is -2.36. The number of carbonyl (C=O) groups is 1. The fourth-order valence-corrected chi connectivity index (χ4v) is 3.89. The van der Waals surface area contributed by atoms with Gasteiger partial charge in [-0.05, 0) is 38.5 Å². The Kier molecular flexibility index (Phi) is 4.05. The van der Waals surface area contributed by atoms with Crippen LogP contribution in [0.3, 0.4) is 0 Å². The first-order chi connectivity index (χ1) is 8.53. The Hall–Kier alpha value is -0.900. The van der Waals surface area contributed by atoms with Crippen molar-refractivity contribution in [3.63, 3.8) is 0 Å². The third-order valence-electron chi connectivity index (χ3n) is 4.22. The van der Waals surface area contributed by atoms with E-state index in [4.69, 9.17) is 0 Å². The molecule has 1 aliphatic rings. The summed E-state index contributed by atoms with van der Waals surface area (Å²) in [5.41, 5.74) is 2.42. The van der Waals surface area contributed by atoms with Crippen molar-refractivity contribution in [2.24, 2.45) is 11.3 Å². The molecule has 1 saturated carbocycles. The van der Waals surface area contributed by atoms with Gasteiger partial charge in [-0.15, -0.1) is 11.3 Å². The van der Waals surface area contributed by atoms with Crippen molar-refractivity contribution >= 4 is 17.3 Å². The van der Waals surface area contributed by atoms with Gasteiger partial charge >= 0.3 is 5.97 Å². The van der Waals surface area contributed by atoms with E-state index >= 15 is 0 Å². The van der Waals surface area contributed by atoms with E-state index in [1.54, 1.807) is 11.3 Å². The highest BCUT2D eigenvalue weighted by Gasteiger charge is 2.41. The molecule has 2 rings (SSSR count). The van der Waals surface area contributed by atoms with Crippen LogP contribution in [0.5, 0.6) is 0 Å². The zero-order valence-electron chi connectivity index (χ0n) is 11.1. The van der Waals surface area contributed by atoms with Crippen molar-refractivity contribution in [3.05, 3.63) is 16.1 Å². The predicted octanol–water partition coefficient (Wildman–Crippen LogP) is 3.67. The smallest absolute Gasteiger partial charge is 0.309 e. The summed E-state index contributed by atoms with van der Waals surface area (Å²) >= 11 is 1.65. The molecule has 4 heteroatoms. The Balaban J connectivity index is 2.07. The lowest BCUT2D eigenvalue weighted by Gasteiger charge is -2.36. The number of aliphatic carboxylic acids is 1. The monoisotopic (exact) mass is 267 g/mol. The van der Waals surface area contributed by atoms with Crippen molar-refractivity contribution in [3.8, 4) is 0 Å². The summed E-state index contributed by atoms with van der Waals surface area (Å²) in [4.78, 5) is 17.1. The Bertz CT molecular complexity index is 429. The summed E-state index contributed by atoms with van der Waals surface area (Å²) in [5.74, 6) is -0.0615. The Morgan fingerprint density at radius 1 is 1.67 bits per heavy atom. The van der Waals surface area contributed by atoms with Crippen molar-refractivity contribution in [1.82, 2.24) is 4.98 Å². The van der Waals surface area contributed by atoms with E-state index in [1.165, 1.54) is 11.3 Å². The minimum Gasteiger partial charge on any atom is -0.481 e. The van der Waals surface area contributed by atoms with Gasteiger partial charge in [-0.1, -0.05) is 19.8 Å². The molecule has 0 aromatic carbocycles. The second-order valence-corrected chi connectivity index (χ2v) is 6.59. The highest BCUT2D eigenvalue weighted by Crippen LogP contribution is 2.43. The number of thiazole rings is 1. The molecule has 1 aliphatic carbocycles. The molecule has 1 fully saturated rings. The molecule has 1 aromatic rings. The van der Waals surface area contributed by atoms with Gasteiger partial charge in [0.2, 0.25) is 0 Å². The molecule has 3 nitrogen and oxygen atoms in total. The van der Waals surface area contributed by atoms with Gasteiger partial charge in [0.15, 0.2) is 0 Å². The second kappa shape index (κ2) is 5.39. The molecule has 1 heterocycles. The fraction of sp³-hybridized carbons (Fsp3) is 0.714. The molecule has 0 saturated heterocycles. The van der Waals surface area contributed by atoms with Crippen LogP contribution in [0.4, 0.5) is 0 Å². The van der Waals surface area contributed by atoms with E-state index in [0.717, 1.165) is 37.8 Å². The molecule has 100 valence electrons. The third kappa shape index (κ3) is 2.74. The molecule has 2 unspecified atom stereocenters. The highest BCUT2D eigenvalue weighted by molar-refractivity contribution is 7.09. The summed E-state index contributed by atoms with van der Waals surface area (Å²) in [6.45, 7) is 4.18. The van der Waals surface area contributed by atoms with Gasteiger partial charge in [-0.2, -0.15) is 0 Å². The summed E-state index contributed by atoms with van der Waals surface area (Å²) in [6.07, 6.45) is 5.51. The number of hydrogen-bond acceptors (Lipinski definition) is 3. The van der Waals surface area contributed by atoms with Gasteiger partial charge < -0.3 is 5.11 Å². The van der Waals surface area contributed by atoms with Gasteiger partial charge in [0.05, 0.1) is 16.6 Å². The lowest BCUT2D eigenvalue weighted by molar-refractivity contribution is -0.152. The van der Waals surface area contributed by atoms with Crippen molar-refractivity contribution in [2.45, 2.75) is 52.4 Å². The summed E-state index contributed by atoms with van der Waals surface area (Å²) in [6, 6.07) is 0. The van der Waals surface area contributed by atoms with Gasteiger partial charge in [-0.3, -0.25) is 4.79 Å². The molecule has 0 aliphatic heterocycles. The normalized spacial score (nSPS) is 28.2. The maximum absolute atomic E-state index is 11.7. The summed E-state index contributed by atoms with van der Waals surface area (Å²) in [5, 5.41) is 9.59. The molecule has 1 N–H and O–H groups in total. The number of carboxylic acid groups (broad SMARTS) is 1. The predicted molar refractivity (Wildman–Crippen MR) is 72.9 cm³/mol. The van der Waals surface area contributed by atoms with Crippen molar-refractivity contribution in [2.75, 3.05) is 0 Å². The molecule has 0 amide bonds. The fourth-order valence-electron chi connectivity index (χ4n) is 3.11. The van der Waals surface area contributed by atoms with Gasteiger partial charge in [0.25, 0.3) is 0 Å². The Morgan fingerprint density at radius 3 is 3.00 bits per heavy atom. The number of aryl methyl sites for hydroxylation is 2. The zero-order chi connectivity index (χ0) is 13.2. The minimum absolute atomic E-state index is 0.492. The average Bonchev–Trinajstić information content (AvgIpc) is 2.72. The summed E-state index contributed by atoms with van der Waals surface area (Å²) < 4.78 is 0. The standard InChI is InChI=1S/C14H21NO2S/c1-10-4-3-6-14(8-10,13(16)17)7-5-12-11(2)15-9-18-12/h9-10H,3-8H2,1-2H3,(H,16,17). The third-order valence-corrected chi connectivity index (χ3v) is 5.22. The molecular formula is C14H21NO2S. The van der Waals surface area contributed by atoms with Crippen LogP contribution in [-0.2, 0) is 11.2 Å². The number of nitrogens with zero attached hydrogens (tertiary/aromatic N) is 1. The first-order valence-electron chi connectivity index (χ1n) is 6.66. The molecule has 0 spiro atoms. The van der Waals surface area contributed by atoms with Crippen LogP contribution in [-0.4, -0.2) is 16.1 Å². The van der Waals surface area contributed by atoms with E-state index in [2.05, 4.69) is 11.9 Å². The van der Waals surface area contributed by atoms with Gasteiger partial charge in [0, 0.05) is 4.88 Å². The van der Waals surface area contributed by atoms with Crippen LogP contribution in [0.1, 0.15) is 49.6 Å². The molecule has 2 atom stereocenters. The minimum atomic E-state index is -0.601. The van der Waals surface area contributed by atoms with Crippen LogP contribution in [0, 0.1) is 18.3 Å². The quantitative estimate of drug-likeness (QED) is 0.905. The number of carboxylic acids is 1. The van der Waals surface area contributed by atoms with E-state index in [1.807, 2.05) is 12.4 Å². The van der Waals surface area contributed by atoms with Crippen molar-refractivity contribution in [1.29, 1.82) is 0 Å². The van der Waals surface area contributed by atoms with Crippen LogP contribution < -0.4 is 0 Å². The van der Waals surface area contributed by atoms with E-state index < -0.39 is 11.4 Å². The topological polar surface area (TPSA) is 50.2 Å².